The number of hydrogen-bond acceptors (Lipinski definition) is 2. The molecular formula is C13H19NOSi. The molecule has 3 heteroatoms. The highest BCUT2D eigenvalue weighted by Crippen LogP contribution is 2.12. The van der Waals surface area contributed by atoms with Crippen molar-refractivity contribution in [2.45, 2.75) is 39.1 Å². The van der Waals surface area contributed by atoms with Gasteiger partial charge in [-0.3, -0.25) is 0 Å². The zero-order valence-corrected chi connectivity index (χ0v) is 11.4. The maximum absolute atomic E-state index is 9.05. The zero-order chi connectivity index (χ0) is 12.2. The third kappa shape index (κ3) is 4.60. The molecule has 0 amide bonds. The molecule has 0 radical (unpaired) electrons. The fraction of sp³-hybridized carbons (Fsp3) is 0.462. The molecule has 0 heterocycles. The van der Waals surface area contributed by atoms with Gasteiger partial charge in [-0.05, 0) is 32.1 Å². The van der Waals surface area contributed by atoms with Crippen molar-refractivity contribution in [1.82, 2.24) is 0 Å². The Morgan fingerprint density at radius 2 is 1.81 bits per heavy atom. The van der Waals surface area contributed by atoms with Gasteiger partial charge in [-0.2, -0.15) is 5.26 Å². The largest absolute Gasteiger partial charge is 0.402 e. The number of nitrogens with zero attached hydrogens (tertiary/aromatic N) is 1. The lowest BCUT2D eigenvalue weighted by molar-refractivity contribution is 0.249. The first kappa shape index (κ1) is 13.0. The fourth-order valence-corrected chi connectivity index (χ4v) is 2.47. The smallest absolute Gasteiger partial charge is 0.185 e. The van der Waals surface area contributed by atoms with Crippen LogP contribution >= 0.6 is 0 Å². The van der Waals surface area contributed by atoms with Gasteiger partial charge in [0.1, 0.15) is 6.10 Å². The van der Waals surface area contributed by atoms with E-state index >= 15 is 0 Å². The maximum Gasteiger partial charge on any atom is 0.185 e. The van der Waals surface area contributed by atoms with Crippen molar-refractivity contribution < 1.29 is 4.43 Å². The number of nitriles is 1. The molecule has 0 saturated carbocycles. The minimum absolute atomic E-state index is 0.311. The Morgan fingerprint density at radius 3 is 2.25 bits per heavy atom. The van der Waals surface area contributed by atoms with Crippen LogP contribution in [-0.2, 0) is 10.8 Å². The molecule has 0 unspecified atom stereocenters. The summed E-state index contributed by atoms with van der Waals surface area (Å²) in [4.78, 5) is 0. The molecule has 0 N–H and O–H groups in total. The van der Waals surface area contributed by atoms with Crippen molar-refractivity contribution in [3.63, 3.8) is 0 Å². The van der Waals surface area contributed by atoms with Gasteiger partial charge in [0.25, 0.3) is 0 Å². The van der Waals surface area contributed by atoms with Crippen molar-refractivity contribution in [1.29, 1.82) is 5.26 Å². The van der Waals surface area contributed by atoms with Gasteiger partial charge in [-0.15, -0.1) is 0 Å². The standard InChI is InChI=1S/C13H19NOSi/c1-11-5-7-12(8-6-11)9-13(10-14)15-16(2,3)4/h5-8,13H,9H2,1-4H3/t13-/m1/s1. The van der Waals surface area contributed by atoms with Crippen LogP contribution in [0.4, 0.5) is 0 Å². The summed E-state index contributed by atoms with van der Waals surface area (Å²) in [6.45, 7) is 8.37. The highest BCUT2D eigenvalue weighted by molar-refractivity contribution is 6.69. The maximum atomic E-state index is 9.05. The number of benzene rings is 1. The molecule has 0 bridgehead atoms. The topological polar surface area (TPSA) is 33.0 Å². The Hall–Kier alpha value is -1.11. The van der Waals surface area contributed by atoms with Gasteiger partial charge >= 0.3 is 0 Å². The lowest BCUT2D eigenvalue weighted by Crippen LogP contribution is -2.32. The molecular weight excluding hydrogens is 214 g/mol. The molecule has 1 aromatic rings. The van der Waals surface area contributed by atoms with Gasteiger partial charge in [0.2, 0.25) is 0 Å². The van der Waals surface area contributed by atoms with Crippen molar-refractivity contribution in [3.05, 3.63) is 35.4 Å². The Labute approximate surface area is 99.0 Å². The molecule has 0 aliphatic heterocycles. The monoisotopic (exact) mass is 233 g/mol. The first-order valence-corrected chi connectivity index (χ1v) is 8.94. The SMILES string of the molecule is Cc1ccc(C[C@H](C#N)O[Si](C)(C)C)cc1. The predicted octanol–water partition coefficient (Wildman–Crippen LogP) is 3.28. The van der Waals surface area contributed by atoms with Gasteiger partial charge in [-0.25, -0.2) is 0 Å². The highest BCUT2D eigenvalue weighted by Gasteiger charge is 2.20. The molecule has 0 saturated heterocycles. The van der Waals surface area contributed by atoms with Gasteiger partial charge in [0, 0.05) is 6.42 Å². The summed E-state index contributed by atoms with van der Waals surface area (Å²) in [6, 6.07) is 10.5. The van der Waals surface area contributed by atoms with E-state index in [1.54, 1.807) is 0 Å². The van der Waals surface area contributed by atoms with Gasteiger partial charge in [0.05, 0.1) is 6.07 Å². The molecule has 0 aliphatic rings. The summed E-state index contributed by atoms with van der Waals surface area (Å²) in [5, 5.41) is 9.05. The molecule has 1 atom stereocenters. The molecule has 1 aromatic carbocycles. The van der Waals surface area contributed by atoms with E-state index in [1.807, 2.05) is 0 Å². The molecule has 16 heavy (non-hydrogen) atoms. The normalized spacial score (nSPS) is 13.2. The summed E-state index contributed by atoms with van der Waals surface area (Å²) in [5.74, 6) is 0. The van der Waals surface area contributed by atoms with Gasteiger partial charge < -0.3 is 4.43 Å². The quantitative estimate of drug-likeness (QED) is 0.748. The van der Waals surface area contributed by atoms with E-state index in [-0.39, 0.29) is 6.10 Å². The van der Waals surface area contributed by atoms with E-state index in [1.165, 1.54) is 5.56 Å². The molecule has 0 fully saturated rings. The second-order valence-corrected chi connectivity index (χ2v) is 9.50. The summed E-state index contributed by atoms with van der Waals surface area (Å²) >= 11 is 0. The van der Waals surface area contributed by atoms with Gasteiger partial charge in [0.15, 0.2) is 8.32 Å². The van der Waals surface area contributed by atoms with Crippen LogP contribution in [0.1, 0.15) is 11.1 Å². The van der Waals surface area contributed by atoms with Crippen LogP contribution in [0.15, 0.2) is 24.3 Å². The zero-order valence-electron chi connectivity index (χ0n) is 10.4. The molecule has 0 aliphatic carbocycles. The first-order chi connectivity index (χ1) is 7.40. The van der Waals surface area contributed by atoms with E-state index in [9.17, 15) is 0 Å². The average Bonchev–Trinajstić information content (AvgIpc) is 2.18. The van der Waals surface area contributed by atoms with Crippen molar-refractivity contribution in [2.24, 2.45) is 0 Å². The van der Waals surface area contributed by atoms with E-state index in [2.05, 4.69) is 56.9 Å². The van der Waals surface area contributed by atoms with Crippen molar-refractivity contribution >= 4 is 8.32 Å². The van der Waals surface area contributed by atoms with Crippen LogP contribution in [-0.4, -0.2) is 14.4 Å². The minimum atomic E-state index is -1.63. The minimum Gasteiger partial charge on any atom is -0.402 e. The van der Waals surface area contributed by atoms with Crippen LogP contribution in [0.3, 0.4) is 0 Å². The summed E-state index contributed by atoms with van der Waals surface area (Å²) in [7, 11) is -1.63. The first-order valence-electron chi connectivity index (χ1n) is 5.54. The Balaban J connectivity index is 2.64. The number of aryl methyl sites for hydroxylation is 1. The van der Waals surface area contributed by atoms with E-state index in [0.717, 1.165) is 5.56 Å². The summed E-state index contributed by atoms with van der Waals surface area (Å²) in [5.41, 5.74) is 2.40. The second-order valence-electron chi connectivity index (χ2n) is 5.04. The van der Waals surface area contributed by atoms with Crippen LogP contribution in [0.25, 0.3) is 0 Å². The van der Waals surface area contributed by atoms with Crippen LogP contribution in [0.2, 0.25) is 19.6 Å². The van der Waals surface area contributed by atoms with Crippen molar-refractivity contribution in [2.75, 3.05) is 0 Å². The average molecular weight is 233 g/mol. The summed E-state index contributed by atoms with van der Waals surface area (Å²) in [6.07, 6.45) is 0.371. The highest BCUT2D eigenvalue weighted by atomic mass is 28.4. The third-order valence-electron chi connectivity index (χ3n) is 2.18. The lowest BCUT2D eigenvalue weighted by atomic mass is 10.1. The van der Waals surface area contributed by atoms with Crippen LogP contribution < -0.4 is 0 Å². The molecule has 0 aromatic heterocycles. The van der Waals surface area contributed by atoms with Gasteiger partial charge in [-0.1, -0.05) is 29.8 Å². The van der Waals surface area contributed by atoms with Crippen LogP contribution in [0, 0.1) is 18.3 Å². The number of hydrogen-bond donors (Lipinski definition) is 0. The Morgan fingerprint density at radius 1 is 1.25 bits per heavy atom. The molecule has 1 rings (SSSR count). The Bertz CT molecular complexity index is 372. The molecule has 0 spiro atoms. The lowest BCUT2D eigenvalue weighted by Gasteiger charge is -2.21. The Kier molecular flexibility index (Phi) is 4.28. The second kappa shape index (κ2) is 5.29. The van der Waals surface area contributed by atoms with E-state index < -0.39 is 8.32 Å². The van der Waals surface area contributed by atoms with E-state index in [4.69, 9.17) is 9.69 Å². The predicted molar refractivity (Wildman–Crippen MR) is 68.7 cm³/mol. The third-order valence-corrected chi connectivity index (χ3v) is 3.17. The molecule has 2 nitrogen and oxygen atoms in total. The number of rotatable bonds is 4. The fourth-order valence-electron chi connectivity index (χ4n) is 1.48. The summed E-state index contributed by atoms with van der Waals surface area (Å²) < 4.78 is 5.80. The van der Waals surface area contributed by atoms with Crippen LogP contribution in [0.5, 0.6) is 0 Å². The van der Waals surface area contributed by atoms with Crippen molar-refractivity contribution in [3.8, 4) is 6.07 Å². The van der Waals surface area contributed by atoms with E-state index in [0.29, 0.717) is 6.42 Å². The molecule has 86 valence electrons.